The van der Waals surface area contributed by atoms with E-state index in [1.165, 1.54) is 6.42 Å². The lowest BCUT2D eigenvalue weighted by Gasteiger charge is -2.32. The molecule has 29 heavy (non-hydrogen) atoms. The average Bonchev–Trinajstić information content (AvgIpc) is 3.44. The Morgan fingerprint density at radius 1 is 1.07 bits per heavy atom. The molecular formula is C20H24N8S. The van der Waals surface area contributed by atoms with Gasteiger partial charge in [0.25, 0.3) is 0 Å². The van der Waals surface area contributed by atoms with Gasteiger partial charge in [-0.2, -0.15) is 0 Å². The van der Waals surface area contributed by atoms with Gasteiger partial charge in [0, 0.05) is 50.8 Å². The van der Waals surface area contributed by atoms with E-state index in [0.717, 1.165) is 41.1 Å². The first-order valence-corrected chi connectivity index (χ1v) is 10.6. The SMILES string of the molecule is CN(C)c1nc(-c2ccnc(Nc3ccc(N4C[C@@H]5C[C@H]4CN5C)nc3)n2)cs1. The quantitative estimate of drug-likeness (QED) is 0.691. The number of piperazine rings is 1. The molecule has 3 aromatic heterocycles. The Hall–Kier alpha value is -2.78. The van der Waals surface area contributed by atoms with E-state index < -0.39 is 0 Å². The van der Waals surface area contributed by atoms with Crippen LogP contribution in [-0.4, -0.2) is 71.2 Å². The zero-order valence-corrected chi connectivity index (χ0v) is 17.6. The fourth-order valence-corrected chi connectivity index (χ4v) is 4.81. The lowest BCUT2D eigenvalue weighted by molar-refractivity contribution is 0.292. The summed E-state index contributed by atoms with van der Waals surface area (Å²) in [6.07, 6.45) is 4.84. The molecule has 150 valence electrons. The van der Waals surface area contributed by atoms with Crippen LogP contribution in [0.5, 0.6) is 0 Å². The van der Waals surface area contributed by atoms with Crippen molar-refractivity contribution in [1.82, 2.24) is 24.8 Å². The molecule has 2 fully saturated rings. The van der Waals surface area contributed by atoms with Crippen LogP contribution in [0, 0.1) is 0 Å². The van der Waals surface area contributed by atoms with E-state index in [4.69, 9.17) is 0 Å². The summed E-state index contributed by atoms with van der Waals surface area (Å²) in [5.74, 6) is 1.59. The van der Waals surface area contributed by atoms with Crippen LogP contribution in [0.4, 0.5) is 22.6 Å². The molecule has 0 radical (unpaired) electrons. The minimum Gasteiger partial charge on any atom is -0.354 e. The highest BCUT2D eigenvalue weighted by Gasteiger charge is 2.41. The summed E-state index contributed by atoms with van der Waals surface area (Å²) in [7, 11) is 6.18. The van der Waals surface area contributed by atoms with E-state index >= 15 is 0 Å². The van der Waals surface area contributed by atoms with Gasteiger partial charge in [0.05, 0.1) is 17.6 Å². The van der Waals surface area contributed by atoms with Crippen molar-refractivity contribution in [2.45, 2.75) is 18.5 Å². The molecule has 5 rings (SSSR count). The van der Waals surface area contributed by atoms with Gasteiger partial charge in [-0.05, 0) is 31.7 Å². The van der Waals surface area contributed by atoms with Gasteiger partial charge >= 0.3 is 0 Å². The summed E-state index contributed by atoms with van der Waals surface area (Å²) in [6.45, 7) is 2.19. The molecule has 0 aliphatic carbocycles. The molecule has 9 heteroatoms. The topological polar surface area (TPSA) is 73.3 Å². The molecule has 0 spiro atoms. The zero-order valence-electron chi connectivity index (χ0n) is 16.8. The molecule has 0 unspecified atom stereocenters. The van der Waals surface area contributed by atoms with E-state index in [1.807, 2.05) is 42.7 Å². The lowest BCUT2D eigenvalue weighted by Crippen LogP contribution is -2.44. The number of likely N-dealkylation sites (N-methyl/N-ethyl adjacent to an activating group) is 1. The number of anilines is 4. The molecule has 8 nitrogen and oxygen atoms in total. The van der Waals surface area contributed by atoms with E-state index in [1.54, 1.807) is 17.5 Å². The maximum atomic E-state index is 4.68. The van der Waals surface area contributed by atoms with Gasteiger partial charge in [-0.25, -0.2) is 19.9 Å². The Kier molecular flexibility index (Phi) is 4.56. The fourth-order valence-electron chi connectivity index (χ4n) is 4.05. The number of hydrogen-bond acceptors (Lipinski definition) is 9. The zero-order chi connectivity index (χ0) is 20.0. The van der Waals surface area contributed by atoms with Crippen molar-refractivity contribution < 1.29 is 0 Å². The number of likely N-dealkylation sites (tertiary alicyclic amines) is 1. The van der Waals surface area contributed by atoms with Crippen LogP contribution in [0.3, 0.4) is 0 Å². The number of nitrogens with zero attached hydrogens (tertiary/aromatic N) is 7. The van der Waals surface area contributed by atoms with Crippen molar-refractivity contribution in [2.24, 2.45) is 0 Å². The van der Waals surface area contributed by atoms with E-state index in [9.17, 15) is 0 Å². The second-order valence-corrected chi connectivity index (χ2v) is 8.68. The van der Waals surface area contributed by atoms with E-state index in [2.05, 4.69) is 48.2 Å². The van der Waals surface area contributed by atoms with Gasteiger partial charge in [0.2, 0.25) is 5.95 Å². The minimum atomic E-state index is 0.540. The van der Waals surface area contributed by atoms with Crippen LogP contribution in [0.2, 0.25) is 0 Å². The van der Waals surface area contributed by atoms with Gasteiger partial charge < -0.3 is 15.1 Å². The van der Waals surface area contributed by atoms with Gasteiger partial charge in [-0.1, -0.05) is 0 Å². The van der Waals surface area contributed by atoms with Crippen LogP contribution >= 0.6 is 11.3 Å². The first-order chi connectivity index (χ1) is 14.1. The number of rotatable bonds is 5. The third-order valence-corrected chi connectivity index (χ3v) is 6.61. The van der Waals surface area contributed by atoms with Crippen molar-refractivity contribution in [2.75, 3.05) is 49.3 Å². The third kappa shape index (κ3) is 3.51. The Labute approximate surface area is 174 Å². The molecular weight excluding hydrogens is 384 g/mol. The first-order valence-electron chi connectivity index (χ1n) is 9.73. The van der Waals surface area contributed by atoms with Crippen LogP contribution in [0.25, 0.3) is 11.4 Å². The average molecular weight is 409 g/mol. The number of fused-ring (bicyclic) bond motifs is 2. The summed E-state index contributed by atoms with van der Waals surface area (Å²) < 4.78 is 0. The predicted molar refractivity (Wildman–Crippen MR) is 117 cm³/mol. The monoisotopic (exact) mass is 408 g/mol. The third-order valence-electron chi connectivity index (χ3n) is 5.61. The Morgan fingerprint density at radius 2 is 1.97 bits per heavy atom. The van der Waals surface area contributed by atoms with Crippen LogP contribution < -0.4 is 15.1 Å². The van der Waals surface area contributed by atoms with Crippen molar-refractivity contribution in [3.05, 3.63) is 36.0 Å². The van der Waals surface area contributed by atoms with Crippen molar-refractivity contribution in [3.8, 4) is 11.4 Å². The van der Waals surface area contributed by atoms with Crippen LogP contribution in [0.1, 0.15) is 6.42 Å². The van der Waals surface area contributed by atoms with Crippen molar-refractivity contribution in [1.29, 1.82) is 0 Å². The molecule has 1 N–H and O–H groups in total. The van der Waals surface area contributed by atoms with Gasteiger partial charge in [-0.3, -0.25) is 4.90 Å². The van der Waals surface area contributed by atoms with Gasteiger partial charge in [0.1, 0.15) is 11.5 Å². The first kappa shape index (κ1) is 18.3. The second kappa shape index (κ2) is 7.23. The number of nitrogens with one attached hydrogen (secondary N) is 1. The summed E-state index contributed by atoms with van der Waals surface area (Å²) >= 11 is 1.60. The fraction of sp³-hybridized carbons (Fsp3) is 0.400. The largest absolute Gasteiger partial charge is 0.354 e. The Balaban J connectivity index is 1.29. The van der Waals surface area contributed by atoms with E-state index in [-0.39, 0.29) is 0 Å². The minimum absolute atomic E-state index is 0.540. The van der Waals surface area contributed by atoms with E-state index in [0.29, 0.717) is 18.0 Å². The summed E-state index contributed by atoms with van der Waals surface area (Å²) in [6, 6.07) is 7.24. The molecule has 3 aromatic rings. The molecule has 0 amide bonds. The lowest BCUT2D eigenvalue weighted by atomic mass is 10.2. The molecule has 2 saturated heterocycles. The summed E-state index contributed by atoms with van der Waals surface area (Å²) in [5, 5.41) is 6.22. The highest BCUT2D eigenvalue weighted by molar-refractivity contribution is 7.14. The number of thiazole rings is 1. The van der Waals surface area contributed by atoms with Gasteiger partial charge in [-0.15, -0.1) is 11.3 Å². The normalized spacial score (nSPS) is 21.0. The second-order valence-electron chi connectivity index (χ2n) is 7.84. The molecule has 2 atom stereocenters. The standard InChI is InChI=1S/C20H24N8S/c1-26(2)20-25-17(12-29-20)16-6-7-21-19(24-16)23-13-4-5-18(22-9-13)28-11-14-8-15(28)10-27(14)3/h4-7,9,12,14-15H,8,10-11H2,1-3H3,(H,21,23,24)/t14-,15-/m0/s1. The van der Waals surface area contributed by atoms with Gasteiger partial charge in [0.15, 0.2) is 5.13 Å². The number of hydrogen-bond donors (Lipinski definition) is 1. The predicted octanol–water partition coefficient (Wildman–Crippen LogP) is 2.70. The molecule has 2 aliphatic rings. The molecule has 2 aliphatic heterocycles. The van der Waals surface area contributed by atoms with Crippen LogP contribution in [-0.2, 0) is 0 Å². The number of pyridine rings is 1. The number of aromatic nitrogens is 4. The summed E-state index contributed by atoms with van der Waals surface area (Å²) in [5.41, 5.74) is 2.53. The highest BCUT2D eigenvalue weighted by atomic mass is 32.1. The van der Waals surface area contributed by atoms with Crippen molar-refractivity contribution in [3.63, 3.8) is 0 Å². The maximum Gasteiger partial charge on any atom is 0.227 e. The van der Waals surface area contributed by atoms with Crippen molar-refractivity contribution >= 4 is 33.9 Å². The molecule has 2 bridgehead atoms. The highest BCUT2D eigenvalue weighted by Crippen LogP contribution is 2.33. The Bertz CT molecular complexity index is 1000. The molecule has 0 saturated carbocycles. The smallest absolute Gasteiger partial charge is 0.227 e. The maximum absolute atomic E-state index is 4.68. The van der Waals surface area contributed by atoms with Crippen LogP contribution in [0.15, 0.2) is 36.0 Å². The Morgan fingerprint density at radius 3 is 2.62 bits per heavy atom. The molecule has 0 aromatic carbocycles. The summed E-state index contributed by atoms with van der Waals surface area (Å²) in [4.78, 5) is 25.1. The molecule has 5 heterocycles.